The number of aryl methyl sites for hydroxylation is 1. The molecule has 1 aromatic heterocycles. The van der Waals surface area contributed by atoms with Crippen LogP contribution in [0.4, 0.5) is 5.95 Å². The van der Waals surface area contributed by atoms with Gasteiger partial charge in [0, 0.05) is 28.1 Å². The summed E-state index contributed by atoms with van der Waals surface area (Å²) in [5, 5.41) is 3.57. The molecule has 7 nitrogen and oxygen atoms in total. The predicted molar refractivity (Wildman–Crippen MR) is 115 cm³/mol. The normalized spacial score (nSPS) is 20.9. The highest BCUT2D eigenvalue weighted by molar-refractivity contribution is 8.09. The fourth-order valence-corrected chi connectivity index (χ4v) is 4.98. The zero-order valence-electron chi connectivity index (χ0n) is 15.0. The molecule has 0 aliphatic carbocycles. The largest absolute Gasteiger partial charge is 0.368 e. The summed E-state index contributed by atoms with van der Waals surface area (Å²) >= 11 is 14.0. The molecule has 10 heteroatoms. The Kier molecular flexibility index (Phi) is 4.95. The van der Waals surface area contributed by atoms with Gasteiger partial charge in [0.05, 0.1) is 22.3 Å². The third kappa shape index (κ3) is 3.55. The van der Waals surface area contributed by atoms with E-state index in [1.165, 1.54) is 6.92 Å². The van der Waals surface area contributed by atoms with Crippen LogP contribution < -0.4 is 11.1 Å². The van der Waals surface area contributed by atoms with Gasteiger partial charge in [0.15, 0.2) is 0 Å². The van der Waals surface area contributed by atoms with Crippen LogP contribution in [0.1, 0.15) is 23.9 Å². The molecule has 1 amide bonds. The van der Waals surface area contributed by atoms with Gasteiger partial charge < -0.3 is 10.7 Å². The lowest BCUT2D eigenvalue weighted by Gasteiger charge is -2.22. The number of nitrogens with zero attached hydrogens (tertiary/aromatic N) is 3. The number of benzene rings is 1. The summed E-state index contributed by atoms with van der Waals surface area (Å²) in [5.74, 6) is 0.327. The van der Waals surface area contributed by atoms with Crippen LogP contribution in [-0.2, 0) is 4.79 Å². The topological polar surface area (TPSA) is 109 Å². The van der Waals surface area contributed by atoms with E-state index in [2.05, 4.69) is 31.3 Å². The molecular weight excluding hydrogens is 419 g/mol. The number of aromatic nitrogens is 2. The van der Waals surface area contributed by atoms with Gasteiger partial charge in [-0.15, -0.1) is 0 Å². The molecule has 1 aromatic carbocycles. The number of nitrogens with one attached hydrogen (secondary N) is 2. The molecular formula is C18H16Cl2N6OS. The second-order valence-corrected chi connectivity index (χ2v) is 8.42. The summed E-state index contributed by atoms with van der Waals surface area (Å²) in [4.78, 5) is 28.7. The van der Waals surface area contributed by atoms with Crippen molar-refractivity contribution >= 4 is 63.4 Å². The number of hydrogen-bond acceptors (Lipinski definition) is 6. The molecule has 2 unspecified atom stereocenters. The van der Waals surface area contributed by atoms with E-state index in [4.69, 9.17) is 28.9 Å². The first kappa shape index (κ1) is 19.0. The summed E-state index contributed by atoms with van der Waals surface area (Å²) < 4.78 is 0. The van der Waals surface area contributed by atoms with Crippen LogP contribution in [-0.4, -0.2) is 32.9 Å². The molecule has 3 heterocycles. The molecule has 0 saturated heterocycles. The highest BCUT2D eigenvalue weighted by Gasteiger charge is 2.37. The van der Waals surface area contributed by atoms with E-state index in [1.807, 2.05) is 13.0 Å². The van der Waals surface area contributed by atoms with Gasteiger partial charge in [-0.2, -0.15) is 0 Å². The minimum Gasteiger partial charge on any atom is -0.368 e. The van der Waals surface area contributed by atoms with E-state index in [1.54, 1.807) is 23.9 Å². The molecule has 4 N–H and O–H groups in total. The first-order chi connectivity index (χ1) is 13.3. The Hall–Kier alpha value is -2.29. The molecule has 0 fully saturated rings. The van der Waals surface area contributed by atoms with Crippen molar-refractivity contribution in [3.63, 3.8) is 0 Å². The number of guanidine groups is 1. The second kappa shape index (κ2) is 7.27. The van der Waals surface area contributed by atoms with Crippen molar-refractivity contribution in [1.82, 2.24) is 9.97 Å². The lowest BCUT2D eigenvalue weighted by Crippen LogP contribution is -2.30. The van der Waals surface area contributed by atoms with Crippen LogP contribution in [0, 0.1) is 12.8 Å². The van der Waals surface area contributed by atoms with Crippen LogP contribution >= 0.6 is 35.0 Å². The number of imidazole rings is 1. The quantitative estimate of drug-likeness (QED) is 0.681. The average molecular weight is 435 g/mol. The number of aromatic amines is 1. The van der Waals surface area contributed by atoms with Crippen molar-refractivity contribution in [3.8, 4) is 0 Å². The van der Waals surface area contributed by atoms with Crippen LogP contribution in [0.15, 0.2) is 34.3 Å². The fourth-order valence-electron chi connectivity index (χ4n) is 3.16. The Bertz CT molecular complexity index is 1070. The zero-order valence-corrected chi connectivity index (χ0v) is 17.3. The van der Waals surface area contributed by atoms with Crippen molar-refractivity contribution < 1.29 is 4.79 Å². The maximum Gasteiger partial charge on any atom is 0.223 e. The van der Waals surface area contributed by atoms with E-state index in [0.717, 1.165) is 27.6 Å². The summed E-state index contributed by atoms with van der Waals surface area (Å²) in [6.07, 6.45) is 2.07. The van der Waals surface area contributed by atoms with Gasteiger partial charge in [0.1, 0.15) is 5.37 Å². The number of hydrogen-bond donors (Lipinski definition) is 3. The van der Waals surface area contributed by atoms with Crippen LogP contribution in [0.2, 0.25) is 10.0 Å². The van der Waals surface area contributed by atoms with Gasteiger partial charge in [-0.3, -0.25) is 10.1 Å². The summed E-state index contributed by atoms with van der Waals surface area (Å²) in [6.45, 7) is 3.34. The van der Waals surface area contributed by atoms with Gasteiger partial charge in [-0.25, -0.2) is 15.0 Å². The Morgan fingerprint density at radius 3 is 2.86 bits per heavy atom. The van der Waals surface area contributed by atoms with Crippen LogP contribution in [0.25, 0.3) is 4.91 Å². The number of amides is 1. The molecule has 2 aliphatic rings. The fraction of sp³-hybridized carbons (Fsp3) is 0.222. The lowest BCUT2D eigenvalue weighted by molar-refractivity contribution is -0.114. The molecule has 2 atom stereocenters. The highest BCUT2D eigenvalue weighted by Crippen LogP contribution is 2.46. The molecule has 2 aromatic rings. The minimum absolute atomic E-state index is 0.105. The van der Waals surface area contributed by atoms with E-state index < -0.39 is 0 Å². The van der Waals surface area contributed by atoms with Gasteiger partial charge >= 0.3 is 0 Å². The minimum atomic E-state index is -0.189. The molecule has 2 aliphatic heterocycles. The van der Waals surface area contributed by atoms with E-state index in [9.17, 15) is 4.79 Å². The first-order valence-electron chi connectivity index (χ1n) is 8.42. The average Bonchev–Trinajstić information content (AvgIpc) is 3.16. The Balaban J connectivity index is 1.72. The van der Waals surface area contributed by atoms with Gasteiger partial charge in [-0.05, 0) is 19.1 Å². The number of rotatable bonds is 3. The number of thioether (sulfide) groups is 1. The van der Waals surface area contributed by atoms with Crippen LogP contribution in [0.5, 0.6) is 0 Å². The van der Waals surface area contributed by atoms with E-state index >= 15 is 0 Å². The predicted octanol–water partition coefficient (Wildman–Crippen LogP) is 3.83. The number of halogens is 2. The van der Waals surface area contributed by atoms with Gasteiger partial charge in [0.25, 0.3) is 0 Å². The number of anilines is 1. The third-order valence-electron chi connectivity index (χ3n) is 4.32. The van der Waals surface area contributed by atoms with Gasteiger partial charge in [-0.1, -0.05) is 47.1 Å². The standard InChI is InChI=1S/C18H16Cl2N6OS/c1-7-14(25-18(22-7)23-8(2)27)13-6-11-15(24-17(21)26-16(11)28-13)10-4-3-9(19)5-12(10)20/h3-6,11,16H,1-2H3,(H2,21,26)(H2,22,23,25,27). The number of carbonyl (C=O) groups excluding carboxylic acids is 1. The smallest absolute Gasteiger partial charge is 0.223 e. The Morgan fingerprint density at radius 2 is 2.14 bits per heavy atom. The van der Waals surface area contributed by atoms with Crippen molar-refractivity contribution in [2.45, 2.75) is 19.2 Å². The van der Waals surface area contributed by atoms with Crippen molar-refractivity contribution in [2.24, 2.45) is 21.6 Å². The maximum absolute atomic E-state index is 11.3. The molecule has 0 spiro atoms. The monoisotopic (exact) mass is 434 g/mol. The van der Waals surface area contributed by atoms with Crippen LogP contribution in [0.3, 0.4) is 0 Å². The van der Waals surface area contributed by atoms with Gasteiger partial charge in [0.2, 0.25) is 17.8 Å². The Labute approximate surface area is 175 Å². The van der Waals surface area contributed by atoms with Crippen molar-refractivity contribution in [2.75, 3.05) is 5.32 Å². The van der Waals surface area contributed by atoms with Crippen molar-refractivity contribution in [3.05, 3.63) is 51.3 Å². The number of H-pyrrole nitrogens is 1. The zero-order chi connectivity index (χ0) is 20.0. The molecule has 4 rings (SSSR count). The molecule has 0 radical (unpaired) electrons. The molecule has 0 bridgehead atoms. The maximum atomic E-state index is 11.3. The molecule has 28 heavy (non-hydrogen) atoms. The first-order valence-corrected chi connectivity index (χ1v) is 10.1. The highest BCUT2D eigenvalue weighted by atomic mass is 35.5. The number of fused-ring (bicyclic) bond motifs is 1. The van der Waals surface area contributed by atoms with Crippen molar-refractivity contribution in [1.29, 1.82) is 0 Å². The van der Waals surface area contributed by atoms with E-state index in [-0.39, 0.29) is 23.2 Å². The Morgan fingerprint density at radius 1 is 1.36 bits per heavy atom. The van der Waals surface area contributed by atoms with E-state index in [0.29, 0.717) is 16.0 Å². The number of nitrogens with two attached hydrogens (primary N) is 1. The SMILES string of the molecule is CC(=O)Nc1nc(C2=CC3C(c4ccc(Cl)cc4Cl)=NC(N)=NC3S2)c(C)[nH]1. The summed E-state index contributed by atoms with van der Waals surface area (Å²) in [6, 6.07) is 5.29. The molecule has 0 saturated carbocycles. The third-order valence-corrected chi connectivity index (χ3v) is 6.09. The summed E-state index contributed by atoms with van der Waals surface area (Å²) in [5.41, 5.74) is 9.09. The second-order valence-electron chi connectivity index (χ2n) is 6.41. The molecule has 144 valence electrons. The summed E-state index contributed by atoms with van der Waals surface area (Å²) in [7, 11) is 0. The number of aliphatic imine (C=N–C) groups is 2. The lowest BCUT2D eigenvalue weighted by atomic mass is 9.94. The number of carbonyl (C=O) groups is 1.